The van der Waals surface area contributed by atoms with E-state index in [-0.39, 0.29) is 18.4 Å². The number of amides is 4. The van der Waals surface area contributed by atoms with Crippen LogP contribution in [0.15, 0.2) is 24.3 Å². The molecule has 138 valence electrons. The van der Waals surface area contributed by atoms with Gasteiger partial charge in [0.1, 0.15) is 12.3 Å². The van der Waals surface area contributed by atoms with Crippen molar-refractivity contribution in [1.29, 1.82) is 0 Å². The Kier molecular flexibility index (Phi) is 4.30. The summed E-state index contributed by atoms with van der Waals surface area (Å²) in [7, 11) is 0. The molecule has 0 unspecified atom stereocenters. The van der Waals surface area contributed by atoms with Crippen LogP contribution in [0.2, 0.25) is 0 Å². The van der Waals surface area contributed by atoms with Gasteiger partial charge < -0.3 is 15.0 Å². The van der Waals surface area contributed by atoms with Crippen molar-refractivity contribution in [3.8, 4) is 5.75 Å². The third-order valence-corrected chi connectivity index (χ3v) is 5.51. The van der Waals surface area contributed by atoms with Crippen LogP contribution in [-0.4, -0.2) is 53.9 Å². The second kappa shape index (κ2) is 6.63. The maximum atomic E-state index is 13.2. The molecule has 0 aromatic heterocycles. The number of benzene rings is 1. The second-order valence-electron chi connectivity index (χ2n) is 7.12. The van der Waals surface area contributed by atoms with Crippen molar-refractivity contribution < 1.29 is 19.1 Å². The maximum Gasteiger partial charge on any atom is 0.325 e. The van der Waals surface area contributed by atoms with Crippen LogP contribution < -0.4 is 10.1 Å². The summed E-state index contributed by atoms with van der Waals surface area (Å²) in [6.45, 7) is 1.54. The van der Waals surface area contributed by atoms with Crippen LogP contribution in [0.25, 0.3) is 0 Å². The summed E-state index contributed by atoms with van der Waals surface area (Å²) < 4.78 is 5.62. The average molecular weight is 357 g/mol. The van der Waals surface area contributed by atoms with Gasteiger partial charge in [0, 0.05) is 25.1 Å². The zero-order valence-electron chi connectivity index (χ0n) is 14.7. The molecule has 4 rings (SSSR count). The van der Waals surface area contributed by atoms with Crippen molar-refractivity contribution in [2.45, 2.75) is 37.6 Å². The number of imide groups is 1. The lowest BCUT2D eigenvalue weighted by Gasteiger charge is -2.33. The number of carbonyl (C=O) groups is 3. The summed E-state index contributed by atoms with van der Waals surface area (Å²) in [4.78, 5) is 41.2. The molecule has 2 fully saturated rings. The van der Waals surface area contributed by atoms with Gasteiger partial charge in [-0.25, -0.2) is 4.79 Å². The predicted octanol–water partition coefficient (Wildman–Crippen LogP) is 1.62. The van der Waals surface area contributed by atoms with E-state index in [9.17, 15) is 14.4 Å². The van der Waals surface area contributed by atoms with Crippen LogP contribution in [0.5, 0.6) is 5.75 Å². The molecule has 3 heterocycles. The van der Waals surface area contributed by atoms with Gasteiger partial charge in [-0.3, -0.25) is 14.5 Å². The molecule has 4 amide bonds. The third kappa shape index (κ3) is 2.71. The van der Waals surface area contributed by atoms with Crippen molar-refractivity contribution >= 4 is 17.8 Å². The van der Waals surface area contributed by atoms with Gasteiger partial charge in [0.05, 0.1) is 6.61 Å². The van der Waals surface area contributed by atoms with E-state index in [4.69, 9.17) is 4.74 Å². The largest absolute Gasteiger partial charge is 0.493 e. The Balaban J connectivity index is 1.56. The van der Waals surface area contributed by atoms with Gasteiger partial charge in [-0.1, -0.05) is 31.0 Å². The summed E-state index contributed by atoms with van der Waals surface area (Å²) >= 11 is 0. The molecule has 1 atom stereocenters. The van der Waals surface area contributed by atoms with Crippen molar-refractivity contribution in [3.63, 3.8) is 0 Å². The molecule has 0 aliphatic carbocycles. The van der Waals surface area contributed by atoms with Gasteiger partial charge in [0.25, 0.3) is 5.91 Å². The summed E-state index contributed by atoms with van der Waals surface area (Å²) in [6.07, 6.45) is 4.55. The molecule has 3 aliphatic rings. The fourth-order valence-electron chi connectivity index (χ4n) is 4.07. The first-order chi connectivity index (χ1) is 12.6. The number of ether oxygens (including phenoxy) is 1. The highest BCUT2D eigenvalue weighted by Crippen LogP contribution is 2.40. The minimum atomic E-state index is -1.12. The van der Waals surface area contributed by atoms with Crippen LogP contribution in [0.3, 0.4) is 0 Å². The Bertz CT molecular complexity index is 742. The number of fused-ring (bicyclic) bond motifs is 2. The van der Waals surface area contributed by atoms with Crippen molar-refractivity contribution in [2.24, 2.45) is 0 Å². The Morgan fingerprint density at radius 2 is 1.85 bits per heavy atom. The average Bonchev–Trinajstić information content (AvgIpc) is 2.86. The number of nitrogens with one attached hydrogen (secondary N) is 1. The molecule has 0 saturated carbocycles. The predicted molar refractivity (Wildman–Crippen MR) is 93.5 cm³/mol. The van der Waals surface area contributed by atoms with Gasteiger partial charge in [-0.2, -0.15) is 0 Å². The van der Waals surface area contributed by atoms with Crippen molar-refractivity contribution in [1.82, 2.24) is 15.1 Å². The first kappa shape index (κ1) is 16.9. The molecule has 1 aromatic carbocycles. The number of carbonyl (C=O) groups excluding carboxylic acids is 3. The molecule has 1 aromatic rings. The zero-order chi connectivity index (χ0) is 18.1. The molecular weight excluding hydrogens is 334 g/mol. The van der Waals surface area contributed by atoms with Crippen molar-refractivity contribution in [3.05, 3.63) is 29.8 Å². The molecule has 3 aliphatic heterocycles. The van der Waals surface area contributed by atoms with Crippen LogP contribution in [0, 0.1) is 0 Å². The molecule has 26 heavy (non-hydrogen) atoms. The maximum absolute atomic E-state index is 13.2. The Morgan fingerprint density at radius 3 is 2.62 bits per heavy atom. The highest BCUT2D eigenvalue weighted by molar-refractivity contribution is 6.09. The second-order valence-corrected chi connectivity index (χ2v) is 7.12. The lowest BCUT2D eigenvalue weighted by molar-refractivity contribution is -0.139. The van der Waals surface area contributed by atoms with E-state index in [2.05, 4.69) is 5.32 Å². The topological polar surface area (TPSA) is 79.0 Å². The normalized spacial score (nSPS) is 25.5. The van der Waals surface area contributed by atoms with Gasteiger partial charge in [-0.15, -0.1) is 0 Å². The minimum absolute atomic E-state index is 0.159. The third-order valence-electron chi connectivity index (χ3n) is 5.51. The molecule has 1 spiro atoms. The summed E-state index contributed by atoms with van der Waals surface area (Å²) in [6, 6.07) is 6.74. The Morgan fingerprint density at radius 1 is 1.12 bits per heavy atom. The smallest absolute Gasteiger partial charge is 0.325 e. The number of rotatable bonds is 2. The number of hydrogen-bond donors (Lipinski definition) is 1. The van der Waals surface area contributed by atoms with E-state index in [1.54, 1.807) is 17.0 Å². The van der Waals surface area contributed by atoms with E-state index in [1.807, 2.05) is 12.1 Å². The molecule has 7 heteroatoms. The van der Waals surface area contributed by atoms with Gasteiger partial charge in [0.2, 0.25) is 5.91 Å². The zero-order valence-corrected chi connectivity index (χ0v) is 14.7. The van der Waals surface area contributed by atoms with E-state index >= 15 is 0 Å². The molecule has 7 nitrogen and oxygen atoms in total. The summed E-state index contributed by atoms with van der Waals surface area (Å²) in [5, 5.41) is 2.83. The SMILES string of the molecule is O=C(CN1C(=O)N[C@]2(CCOc3ccccc32)C1=O)N1CCCCCC1. The number of urea groups is 1. The fraction of sp³-hybridized carbons (Fsp3) is 0.526. The molecule has 0 bridgehead atoms. The van der Waals surface area contributed by atoms with E-state index in [0.29, 0.717) is 37.4 Å². The molecule has 0 radical (unpaired) electrons. The number of likely N-dealkylation sites (tertiary alicyclic amines) is 1. The first-order valence-electron chi connectivity index (χ1n) is 9.26. The Hall–Kier alpha value is -2.57. The number of hydrogen-bond acceptors (Lipinski definition) is 4. The van der Waals surface area contributed by atoms with Gasteiger partial charge >= 0.3 is 6.03 Å². The minimum Gasteiger partial charge on any atom is -0.493 e. The number of nitrogens with zero attached hydrogens (tertiary/aromatic N) is 2. The molecule has 2 saturated heterocycles. The van der Waals surface area contributed by atoms with Crippen LogP contribution in [0.1, 0.15) is 37.7 Å². The van der Waals surface area contributed by atoms with E-state index in [1.165, 1.54) is 0 Å². The lowest BCUT2D eigenvalue weighted by Crippen LogP contribution is -2.48. The fourth-order valence-corrected chi connectivity index (χ4v) is 4.07. The standard InChI is InChI=1S/C19H23N3O4/c23-16(21-10-5-1-2-6-11-21)13-22-17(24)19(20-18(22)25)9-12-26-15-8-4-3-7-14(15)19/h3-4,7-8H,1-2,5-6,9-13H2,(H,20,25)/t19-/m0/s1. The van der Waals surface area contributed by atoms with Gasteiger partial charge in [-0.05, 0) is 18.9 Å². The van der Waals surface area contributed by atoms with E-state index < -0.39 is 11.6 Å². The monoisotopic (exact) mass is 357 g/mol. The number of para-hydroxylation sites is 1. The van der Waals surface area contributed by atoms with Crippen LogP contribution >= 0.6 is 0 Å². The summed E-state index contributed by atoms with van der Waals surface area (Å²) in [5.74, 6) is 0.0855. The quantitative estimate of drug-likeness (QED) is 0.816. The summed E-state index contributed by atoms with van der Waals surface area (Å²) in [5.41, 5.74) is -0.459. The molecular formula is C19H23N3O4. The van der Waals surface area contributed by atoms with Crippen LogP contribution in [-0.2, 0) is 15.1 Å². The first-order valence-corrected chi connectivity index (χ1v) is 9.26. The molecule has 1 N–H and O–H groups in total. The Labute approximate surface area is 152 Å². The highest BCUT2D eigenvalue weighted by atomic mass is 16.5. The van der Waals surface area contributed by atoms with Crippen LogP contribution in [0.4, 0.5) is 4.79 Å². The van der Waals surface area contributed by atoms with Crippen molar-refractivity contribution in [2.75, 3.05) is 26.2 Å². The van der Waals surface area contributed by atoms with E-state index in [0.717, 1.165) is 30.6 Å². The lowest BCUT2D eigenvalue weighted by atomic mass is 9.84. The van der Waals surface area contributed by atoms with Gasteiger partial charge in [0.15, 0.2) is 5.54 Å². The highest BCUT2D eigenvalue weighted by Gasteiger charge is 2.55.